The highest BCUT2D eigenvalue weighted by atomic mass is 16.6. The van der Waals surface area contributed by atoms with Crippen molar-refractivity contribution in [1.29, 1.82) is 0 Å². The van der Waals surface area contributed by atoms with E-state index < -0.39 is 23.9 Å². The lowest BCUT2D eigenvalue weighted by Gasteiger charge is -2.16. The molecule has 1 amide bonds. The zero-order chi connectivity index (χ0) is 16.4. The van der Waals surface area contributed by atoms with Crippen LogP contribution in [0, 0.1) is 5.92 Å². The molecule has 21 heavy (non-hydrogen) atoms. The molecule has 0 aliphatic heterocycles. The summed E-state index contributed by atoms with van der Waals surface area (Å²) >= 11 is 0. The zero-order valence-corrected chi connectivity index (χ0v) is 12.7. The van der Waals surface area contributed by atoms with Crippen LogP contribution in [-0.4, -0.2) is 48.0 Å². The average Bonchev–Trinajstić information content (AvgIpc) is 2.41. The molecule has 0 fully saturated rings. The predicted octanol–water partition coefficient (Wildman–Crippen LogP) is 0.474. The van der Waals surface area contributed by atoms with Gasteiger partial charge >= 0.3 is 11.9 Å². The first-order valence-electron chi connectivity index (χ1n) is 6.72. The lowest BCUT2D eigenvalue weighted by Crippen LogP contribution is -2.50. The Morgan fingerprint density at radius 3 is 1.90 bits per heavy atom. The van der Waals surface area contributed by atoms with Crippen LogP contribution in [0.15, 0.2) is 5.16 Å². The molecule has 0 saturated heterocycles. The number of amides is 1. The smallest absolute Gasteiger partial charge is 0.340 e. The van der Waals surface area contributed by atoms with Crippen molar-refractivity contribution < 1.29 is 29.1 Å². The lowest BCUT2D eigenvalue weighted by molar-refractivity contribution is -0.159. The Kier molecular flexibility index (Phi) is 8.75. The van der Waals surface area contributed by atoms with Crippen molar-refractivity contribution in [1.82, 2.24) is 5.32 Å². The zero-order valence-electron chi connectivity index (χ0n) is 12.7. The molecule has 0 radical (unpaired) electrons. The second-order valence-electron chi connectivity index (χ2n) is 4.56. The van der Waals surface area contributed by atoms with Crippen molar-refractivity contribution in [3.63, 3.8) is 0 Å². The molecule has 0 aromatic carbocycles. The van der Waals surface area contributed by atoms with Gasteiger partial charge in [0.25, 0.3) is 5.91 Å². The Bertz CT molecular complexity index is 387. The van der Waals surface area contributed by atoms with Crippen molar-refractivity contribution in [2.24, 2.45) is 11.1 Å². The van der Waals surface area contributed by atoms with Gasteiger partial charge in [0, 0.05) is 6.42 Å². The largest absolute Gasteiger partial charge is 0.464 e. The van der Waals surface area contributed by atoms with E-state index in [1.54, 1.807) is 13.8 Å². The van der Waals surface area contributed by atoms with Gasteiger partial charge in [-0.1, -0.05) is 19.0 Å². The molecule has 0 aliphatic carbocycles. The van der Waals surface area contributed by atoms with Gasteiger partial charge in [0.1, 0.15) is 5.71 Å². The van der Waals surface area contributed by atoms with Crippen LogP contribution in [0.4, 0.5) is 0 Å². The van der Waals surface area contributed by atoms with Gasteiger partial charge in [-0.05, 0) is 19.8 Å². The first kappa shape index (κ1) is 18.9. The molecule has 8 heteroatoms. The summed E-state index contributed by atoms with van der Waals surface area (Å²) in [6.07, 6.45) is 0.195. The van der Waals surface area contributed by atoms with Gasteiger partial charge in [0.05, 0.1) is 13.2 Å². The van der Waals surface area contributed by atoms with E-state index in [1.807, 2.05) is 13.8 Å². The van der Waals surface area contributed by atoms with Crippen LogP contribution in [0.5, 0.6) is 0 Å². The molecule has 0 heterocycles. The number of nitrogens with zero attached hydrogens (tertiary/aromatic N) is 1. The third-order valence-corrected chi connectivity index (χ3v) is 2.30. The highest BCUT2D eigenvalue weighted by Gasteiger charge is 2.32. The summed E-state index contributed by atoms with van der Waals surface area (Å²) < 4.78 is 9.42. The first-order valence-corrected chi connectivity index (χ1v) is 6.72. The fourth-order valence-electron chi connectivity index (χ4n) is 1.45. The van der Waals surface area contributed by atoms with Crippen molar-refractivity contribution in [2.45, 2.75) is 40.2 Å². The van der Waals surface area contributed by atoms with Gasteiger partial charge in [0.15, 0.2) is 0 Å². The summed E-state index contributed by atoms with van der Waals surface area (Å²) in [7, 11) is 0. The fourth-order valence-corrected chi connectivity index (χ4v) is 1.45. The Balaban J connectivity index is 4.98. The number of rotatable bonds is 8. The molecule has 120 valence electrons. The van der Waals surface area contributed by atoms with Crippen LogP contribution in [-0.2, 0) is 23.9 Å². The van der Waals surface area contributed by atoms with Crippen molar-refractivity contribution in [2.75, 3.05) is 13.2 Å². The fraction of sp³-hybridized carbons (Fsp3) is 0.692. The number of hydrogen-bond acceptors (Lipinski definition) is 7. The quantitative estimate of drug-likeness (QED) is 0.221. The van der Waals surface area contributed by atoms with Gasteiger partial charge in [0.2, 0.25) is 6.04 Å². The number of hydrogen-bond donors (Lipinski definition) is 2. The van der Waals surface area contributed by atoms with Gasteiger partial charge < -0.3 is 20.0 Å². The van der Waals surface area contributed by atoms with E-state index in [0.29, 0.717) is 0 Å². The maximum absolute atomic E-state index is 11.9. The van der Waals surface area contributed by atoms with E-state index in [0.717, 1.165) is 0 Å². The first-order chi connectivity index (χ1) is 9.87. The molecule has 0 aliphatic rings. The average molecular weight is 302 g/mol. The highest BCUT2D eigenvalue weighted by molar-refractivity contribution is 6.39. The number of nitrogens with one attached hydrogen (secondary N) is 1. The monoisotopic (exact) mass is 302 g/mol. The second kappa shape index (κ2) is 9.73. The molecule has 0 aromatic heterocycles. The van der Waals surface area contributed by atoms with Crippen LogP contribution in [0.2, 0.25) is 0 Å². The Morgan fingerprint density at radius 1 is 1.10 bits per heavy atom. The van der Waals surface area contributed by atoms with Crippen molar-refractivity contribution in [3.8, 4) is 0 Å². The van der Waals surface area contributed by atoms with E-state index in [2.05, 4.69) is 10.5 Å². The molecule has 0 bridgehead atoms. The van der Waals surface area contributed by atoms with Crippen molar-refractivity contribution >= 4 is 23.6 Å². The SMILES string of the molecule is CCOC(=O)C(NC(=O)/C(CC(C)C)=N\O)C(=O)OCC. The second-order valence-corrected chi connectivity index (χ2v) is 4.56. The standard InChI is InChI=1S/C13H22N2O6/c1-5-20-12(17)10(13(18)21-6-2)14-11(16)9(15-19)7-8(3)4/h8,10,19H,5-7H2,1-4H3,(H,14,16)/b15-9-. The Labute approximate surface area is 123 Å². The predicted molar refractivity (Wildman–Crippen MR) is 73.9 cm³/mol. The minimum absolute atomic E-state index is 0.0531. The summed E-state index contributed by atoms with van der Waals surface area (Å²) in [4.78, 5) is 35.3. The third-order valence-electron chi connectivity index (χ3n) is 2.30. The summed E-state index contributed by atoms with van der Waals surface area (Å²) in [5, 5.41) is 13.9. The maximum atomic E-state index is 11.9. The number of oxime groups is 1. The lowest BCUT2D eigenvalue weighted by atomic mass is 10.1. The van der Waals surface area contributed by atoms with Gasteiger partial charge in [-0.2, -0.15) is 0 Å². The van der Waals surface area contributed by atoms with Crippen LogP contribution in [0.25, 0.3) is 0 Å². The van der Waals surface area contributed by atoms with Crippen molar-refractivity contribution in [3.05, 3.63) is 0 Å². The molecule has 2 N–H and O–H groups in total. The van der Waals surface area contributed by atoms with E-state index in [9.17, 15) is 14.4 Å². The molecular formula is C13H22N2O6. The topological polar surface area (TPSA) is 114 Å². The minimum Gasteiger partial charge on any atom is -0.464 e. The van der Waals surface area contributed by atoms with E-state index in [-0.39, 0.29) is 31.3 Å². The van der Waals surface area contributed by atoms with Gasteiger partial charge in [-0.3, -0.25) is 4.79 Å². The van der Waals surface area contributed by atoms with Gasteiger partial charge in [-0.25, -0.2) is 9.59 Å². The molecular weight excluding hydrogens is 280 g/mol. The summed E-state index contributed by atoms with van der Waals surface area (Å²) in [5.41, 5.74) is -0.177. The van der Waals surface area contributed by atoms with E-state index >= 15 is 0 Å². The van der Waals surface area contributed by atoms with Crippen LogP contribution < -0.4 is 5.32 Å². The molecule has 0 unspecified atom stereocenters. The van der Waals surface area contributed by atoms with Gasteiger partial charge in [-0.15, -0.1) is 0 Å². The molecule has 0 spiro atoms. The number of carbonyl (C=O) groups excluding carboxylic acids is 3. The molecule has 0 aromatic rings. The minimum atomic E-state index is -1.58. The van der Waals surface area contributed by atoms with E-state index in [4.69, 9.17) is 14.7 Å². The molecule has 0 rings (SSSR count). The highest BCUT2D eigenvalue weighted by Crippen LogP contribution is 2.03. The van der Waals surface area contributed by atoms with Crippen LogP contribution >= 0.6 is 0 Å². The summed E-state index contributed by atoms with van der Waals surface area (Å²) in [5.74, 6) is -2.61. The normalized spacial score (nSPS) is 11.4. The van der Waals surface area contributed by atoms with Crippen LogP contribution in [0.1, 0.15) is 34.1 Å². The van der Waals surface area contributed by atoms with Crippen LogP contribution in [0.3, 0.4) is 0 Å². The molecule has 0 saturated carbocycles. The number of carbonyl (C=O) groups is 3. The summed E-state index contributed by atoms with van der Waals surface area (Å²) in [6, 6.07) is -1.58. The third kappa shape index (κ3) is 6.73. The number of ether oxygens (including phenoxy) is 2. The Morgan fingerprint density at radius 2 is 1.57 bits per heavy atom. The summed E-state index contributed by atoms with van der Waals surface area (Å²) in [6.45, 7) is 6.90. The molecule has 8 nitrogen and oxygen atoms in total. The molecule has 0 atom stereocenters. The Hall–Kier alpha value is -2.12. The number of esters is 2. The maximum Gasteiger partial charge on any atom is 0.340 e. The van der Waals surface area contributed by atoms with E-state index in [1.165, 1.54) is 0 Å².